The molecular weight excluding hydrogens is 374 g/mol. The van der Waals surface area contributed by atoms with Crippen LogP contribution in [0.25, 0.3) is 11.0 Å². The second-order valence-corrected chi connectivity index (χ2v) is 7.86. The summed E-state index contributed by atoms with van der Waals surface area (Å²) >= 11 is 6.00. The lowest BCUT2D eigenvalue weighted by Crippen LogP contribution is -2.30. The smallest absolute Gasteiger partial charge is 0.260 e. The highest BCUT2D eigenvalue weighted by Gasteiger charge is 2.39. The number of ketones is 1. The SMILES string of the molecule is CC(C)CC(=O)C[C@@H]1c2ccccc2C(=O)N1c1ccc2ccc(Cl)nc2n1. The predicted molar refractivity (Wildman–Crippen MR) is 110 cm³/mol. The van der Waals surface area contributed by atoms with Gasteiger partial charge in [-0.1, -0.05) is 43.6 Å². The van der Waals surface area contributed by atoms with Crippen molar-refractivity contribution in [3.63, 3.8) is 0 Å². The molecule has 4 rings (SSSR count). The maximum absolute atomic E-state index is 13.1. The lowest BCUT2D eigenvalue weighted by Gasteiger charge is -2.24. The third-order valence-corrected chi connectivity index (χ3v) is 5.10. The summed E-state index contributed by atoms with van der Waals surface area (Å²) in [5, 5.41) is 1.18. The molecular formula is C22H20ClN3O2. The van der Waals surface area contributed by atoms with Crippen LogP contribution in [-0.4, -0.2) is 21.7 Å². The van der Waals surface area contributed by atoms with Crippen molar-refractivity contribution in [3.8, 4) is 0 Å². The molecule has 6 heteroatoms. The fourth-order valence-electron chi connectivity index (χ4n) is 3.71. The van der Waals surface area contributed by atoms with Gasteiger partial charge in [-0.15, -0.1) is 0 Å². The van der Waals surface area contributed by atoms with Gasteiger partial charge in [-0.05, 0) is 41.8 Å². The lowest BCUT2D eigenvalue weighted by molar-refractivity contribution is -0.120. The van der Waals surface area contributed by atoms with E-state index in [1.165, 1.54) is 0 Å². The second-order valence-electron chi connectivity index (χ2n) is 7.47. The summed E-state index contributed by atoms with van der Waals surface area (Å²) in [6.45, 7) is 4.04. The van der Waals surface area contributed by atoms with Crippen molar-refractivity contribution in [2.75, 3.05) is 4.90 Å². The summed E-state index contributed by atoms with van der Waals surface area (Å²) < 4.78 is 0. The van der Waals surface area contributed by atoms with Crippen molar-refractivity contribution >= 4 is 40.1 Å². The molecule has 1 aliphatic rings. The number of nitrogens with zero attached hydrogens (tertiary/aromatic N) is 3. The van der Waals surface area contributed by atoms with E-state index in [9.17, 15) is 9.59 Å². The number of carbonyl (C=O) groups excluding carboxylic acids is 2. The van der Waals surface area contributed by atoms with Gasteiger partial charge in [0.2, 0.25) is 0 Å². The van der Waals surface area contributed by atoms with Gasteiger partial charge in [-0.25, -0.2) is 9.97 Å². The minimum Gasteiger partial charge on any atom is -0.300 e. The lowest BCUT2D eigenvalue weighted by atomic mass is 9.96. The number of anilines is 1. The molecule has 28 heavy (non-hydrogen) atoms. The number of fused-ring (bicyclic) bond motifs is 2. The Hall–Kier alpha value is -2.79. The van der Waals surface area contributed by atoms with Crippen LogP contribution in [0.1, 0.15) is 48.7 Å². The standard InChI is InChI=1S/C22H20ClN3O2/c1-13(2)11-15(27)12-18-16-5-3-4-6-17(16)22(28)26(18)20-10-8-14-7-9-19(23)24-21(14)25-20/h3-10,13,18H,11-12H2,1-2H3/t18-/m1/s1. The molecule has 1 amide bonds. The predicted octanol–water partition coefficient (Wildman–Crippen LogP) is 4.99. The molecule has 3 heterocycles. The quantitative estimate of drug-likeness (QED) is 0.573. The third-order valence-electron chi connectivity index (χ3n) is 4.89. The van der Waals surface area contributed by atoms with Gasteiger partial charge in [0.15, 0.2) is 5.65 Å². The van der Waals surface area contributed by atoms with Crippen molar-refractivity contribution in [1.82, 2.24) is 9.97 Å². The molecule has 0 aliphatic carbocycles. The summed E-state index contributed by atoms with van der Waals surface area (Å²) in [7, 11) is 0. The Morgan fingerprint density at radius 3 is 2.64 bits per heavy atom. The van der Waals surface area contributed by atoms with E-state index in [0.29, 0.717) is 28.6 Å². The number of Topliss-reactive ketones (excluding diaryl/α,β-unsaturated/α-hetero) is 1. The van der Waals surface area contributed by atoms with Crippen LogP contribution in [0.4, 0.5) is 5.82 Å². The molecule has 1 aromatic carbocycles. The monoisotopic (exact) mass is 393 g/mol. The van der Waals surface area contributed by atoms with Gasteiger partial charge >= 0.3 is 0 Å². The van der Waals surface area contributed by atoms with Crippen molar-refractivity contribution in [2.24, 2.45) is 5.92 Å². The van der Waals surface area contributed by atoms with Crippen LogP contribution in [0, 0.1) is 5.92 Å². The highest BCUT2D eigenvalue weighted by molar-refractivity contribution is 6.29. The zero-order chi connectivity index (χ0) is 19.8. The number of rotatable bonds is 5. The van der Waals surface area contributed by atoms with Crippen molar-refractivity contribution in [2.45, 2.75) is 32.7 Å². The van der Waals surface area contributed by atoms with Crippen LogP contribution in [0.2, 0.25) is 5.15 Å². The average Bonchev–Trinajstić information content (AvgIpc) is 2.92. The Morgan fingerprint density at radius 1 is 1.11 bits per heavy atom. The Morgan fingerprint density at radius 2 is 1.86 bits per heavy atom. The zero-order valence-corrected chi connectivity index (χ0v) is 16.5. The van der Waals surface area contributed by atoms with Crippen LogP contribution in [0.5, 0.6) is 0 Å². The summed E-state index contributed by atoms with van der Waals surface area (Å²) in [6, 6.07) is 14.3. The second kappa shape index (κ2) is 7.32. The van der Waals surface area contributed by atoms with Crippen LogP contribution in [-0.2, 0) is 4.79 Å². The number of hydrogen-bond donors (Lipinski definition) is 0. The molecule has 0 unspecified atom stereocenters. The van der Waals surface area contributed by atoms with Crippen LogP contribution in [0.15, 0.2) is 48.5 Å². The number of carbonyl (C=O) groups is 2. The largest absolute Gasteiger partial charge is 0.300 e. The molecule has 3 aromatic rings. The molecule has 1 aliphatic heterocycles. The normalized spacial score (nSPS) is 16.1. The number of pyridine rings is 2. The van der Waals surface area contributed by atoms with E-state index in [1.807, 2.05) is 44.2 Å². The molecule has 0 N–H and O–H groups in total. The average molecular weight is 394 g/mol. The summed E-state index contributed by atoms with van der Waals surface area (Å²) in [6.07, 6.45) is 0.757. The van der Waals surface area contributed by atoms with Crippen molar-refractivity contribution in [1.29, 1.82) is 0 Å². The molecule has 5 nitrogen and oxygen atoms in total. The first-order chi connectivity index (χ1) is 13.4. The molecule has 1 atom stereocenters. The van der Waals surface area contributed by atoms with Crippen molar-refractivity contribution < 1.29 is 9.59 Å². The van der Waals surface area contributed by atoms with Crippen molar-refractivity contribution in [3.05, 3.63) is 64.8 Å². The van der Waals surface area contributed by atoms with E-state index in [-0.39, 0.29) is 30.1 Å². The zero-order valence-electron chi connectivity index (χ0n) is 15.7. The molecule has 0 saturated heterocycles. The summed E-state index contributed by atoms with van der Waals surface area (Å²) in [5.74, 6) is 0.743. The van der Waals surface area contributed by atoms with Crippen LogP contribution >= 0.6 is 11.6 Å². The van der Waals surface area contributed by atoms with Crippen LogP contribution in [0.3, 0.4) is 0 Å². The number of aromatic nitrogens is 2. The van der Waals surface area contributed by atoms with Gasteiger partial charge in [-0.2, -0.15) is 0 Å². The fraction of sp³-hybridized carbons (Fsp3) is 0.273. The fourth-order valence-corrected chi connectivity index (χ4v) is 3.86. The Labute approximate surface area is 168 Å². The summed E-state index contributed by atoms with van der Waals surface area (Å²) in [4.78, 5) is 36.2. The van der Waals surface area contributed by atoms with E-state index in [1.54, 1.807) is 23.1 Å². The highest BCUT2D eigenvalue weighted by atomic mass is 35.5. The van der Waals surface area contributed by atoms with E-state index < -0.39 is 0 Å². The maximum Gasteiger partial charge on any atom is 0.260 e. The number of benzene rings is 1. The molecule has 0 saturated carbocycles. The van der Waals surface area contributed by atoms with E-state index in [2.05, 4.69) is 9.97 Å². The molecule has 2 aromatic heterocycles. The number of halogens is 1. The molecule has 142 valence electrons. The Balaban J connectivity index is 1.77. The first kappa shape index (κ1) is 18.6. The molecule has 0 spiro atoms. The number of hydrogen-bond acceptors (Lipinski definition) is 4. The molecule has 0 fully saturated rings. The first-order valence-corrected chi connectivity index (χ1v) is 9.69. The summed E-state index contributed by atoms with van der Waals surface area (Å²) in [5.41, 5.74) is 1.96. The first-order valence-electron chi connectivity index (χ1n) is 9.31. The van der Waals surface area contributed by atoms with Crippen LogP contribution < -0.4 is 4.90 Å². The van der Waals surface area contributed by atoms with Gasteiger partial charge in [-0.3, -0.25) is 14.5 Å². The van der Waals surface area contributed by atoms with E-state index in [0.717, 1.165) is 10.9 Å². The van der Waals surface area contributed by atoms with Gasteiger partial charge in [0.05, 0.1) is 6.04 Å². The third kappa shape index (κ3) is 3.38. The molecule has 0 radical (unpaired) electrons. The topological polar surface area (TPSA) is 63.2 Å². The van der Waals surface area contributed by atoms with Gasteiger partial charge in [0.1, 0.15) is 16.8 Å². The van der Waals surface area contributed by atoms with E-state index in [4.69, 9.17) is 11.6 Å². The molecule has 0 bridgehead atoms. The number of amides is 1. The Bertz CT molecular complexity index is 1080. The minimum absolute atomic E-state index is 0.136. The minimum atomic E-state index is -0.362. The Kier molecular flexibility index (Phi) is 4.85. The van der Waals surface area contributed by atoms with E-state index >= 15 is 0 Å². The van der Waals surface area contributed by atoms with Gasteiger partial charge in [0, 0.05) is 23.8 Å². The van der Waals surface area contributed by atoms with Gasteiger partial charge in [0.25, 0.3) is 5.91 Å². The highest BCUT2D eigenvalue weighted by Crippen LogP contribution is 2.39. The van der Waals surface area contributed by atoms with Gasteiger partial charge < -0.3 is 0 Å². The maximum atomic E-state index is 13.1.